The summed E-state index contributed by atoms with van der Waals surface area (Å²) >= 11 is 0. The Bertz CT molecular complexity index is 272. The van der Waals surface area contributed by atoms with Crippen LogP contribution in [0.3, 0.4) is 0 Å². The molecule has 0 radical (unpaired) electrons. The van der Waals surface area contributed by atoms with E-state index in [1.54, 1.807) is 6.20 Å². The molecule has 1 aliphatic rings. The van der Waals surface area contributed by atoms with Crippen LogP contribution in [0.15, 0.2) is 18.3 Å². The van der Waals surface area contributed by atoms with E-state index in [1.807, 2.05) is 12.1 Å². The molecule has 76 valence electrons. The molecule has 0 aliphatic carbocycles. The summed E-state index contributed by atoms with van der Waals surface area (Å²) in [5.74, 6) is 0.327. The van der Waals surface area contributed by atoms with Gasteiger partial charge in [-0.15, -0.1) is 0 Å². The van der Waals surface area contributed by atoms with Gasteiger partial charge < -0.3 is 10.4 Å². The van der Waals surface area contributed by atoms with Crippen LogP contribution < -0.4 is 5.32 Å². The molecule has 1 fully saturated rings. The number of hydrogen-bond donors (Lipinski definition) is 2. The van der Waals surface area contributed by atoms with Crippen LogP contribution in [0.1, 0.15) is 24.6 Å². The molecule has 0 amide bonds. The van der Waals surface area contributed by atoms with E-state index in [-0.39, 0.29) is 0 Å². The van der Waals surface area contributed by atoms with Gasteiger partial charge in [0.2, 0.25) is 0 Å². The summed E-state index contributed by atoms with van der Waals surface area (Å²) in [7, 11) is 0. The van der Waals surface area contributed by atoms with Crippen LogP contribution in [0.5, 0.6) is 0 Å². The van der Waals surface area contributed by atoms with Crippen molar-refractivity contribution in [2.75, 3.05) is 13.1 Å². The molecule has 1 aromatic heterocycles. The Morgan fingerprint density at radius 1 is 1.43 bits per heavy atom. The molecular weight excluding hydrogens is 178 g/mol. The molecule has 1 saturated heterocycles. The summed E-state index contributed by atoms with van der Waals surface area (Å²) in [4.78, 5) is 0. The second kappa shape index (κ2) is 4.48. The van der Waals surface area contributed by atoms with Crippen LogP contribution in [0, 0.1) is 5.92 Å². The van der Waals surface area contributed by atoms with Gasteiger partial charge in [0.25, 0.3) is 0 Å². The second-order valence-electron chi connectivity index (χ2n) is 3.68. The molecule has 0 bridgehead atoms. The molecule has 0 spiro atoms. The number of nitrogens with zero attached hydrogens (tertiary/aromatic N) is 2. The summed E-state index contributed by atoms with van der Waals surface area (Å²) in [5.41, 5.74) is 0.694. The Labute approximate surface area is 83.4 Å². The number of nitrogens with one attached hydrogen (secondary N) is 1. The number of aromatic nitrogens is 2. The smallest absolute Gasteiger partial charge is 0.101 e. The van der Waals surface area contributed by atoms with Crippen molar-refractivity contribution >= 4 is 0 Å². The Kier molecular flexibility index (Phi) is 3.06. The molecule has 0 aromatic carbocycles. The zero-order chi connectivity index (χ0) is 9.80. The minimum atomic E-state index is -0.453. The maximum atomic E-state index is 10.0. The predicted molar refractivity (Wildman–Crippen MR) is 52.6 cm³/mol. The molecule has 4 nitrogen and oxygen atoms in total. The summed E-state index contributed by atoms with van der Waals surface area (Å²) in [6.07, 6.45) is 3.19. The fourth-order valence-electron chi connectivity index (χ4n) is 1.87. The Morgan fingerprint density at radius 3 is 2.86 bits per heavy atom. The lowest BCUT2D eigenvalue weighted by Crippen LogP contribution is -2.31. The molecule has 14 heavy (non-hydrogen) atoms. The molecule has 1 atom stereocenters. The van der Waals surface area contributed by atoms with Crippen molar-refractivity contribution in [1.82, 2.24) is 15.5 Å². The van der Waals surface area contributed by atoms with Crippen molar-refractivity contribution in [3.05, 3.63) is 24.0 Å². The van der Waals surface area contributed by atoms with E-state index in [2.05, 4.69) is 15.5 Å². The molecular formula is C10H15N3O. The maximum absolute atomic E-state index is 10.0. The highest BCUT2D eigenvalue weighted by Gasteiger charge is 2.23. The fourth-order valence-corrected chi connectivity index (χ4v) is 1.87. The third-order valence-corrected chi connectivity index (χ3v) is 2.73. The summed E-state index contributed by atoms with van der Waals surface area (Å²) in [5, 5.41) is 21.0. The third-order valence-electron chi connectivity index (χ3n) is 2.73. The normalized spacial score (nSPS) is 20.6. The Hall–Kier alpha value is -1.00. The number of hydrogen-bond acceptors (Lipinski definition) is 4. The van der Waals surface area contributed by atoms with E-state index < -0.39 is 6.10 Å². The van der Waals surface area contributed by atoms with Gasteiger partial charge in [-0.3, -0.25) is 0 Å². The highest BCUT2D eigenvalue weighted by Crippen LogP contribution is 2.26. The van der Waals surface area contributed by atoms with Gasteiger partial charge >= 0.3 is 0 Å². The molecule has 1 aliphatic heterocycles. The van der Waals surface area contributed by atoms with Gasteiger partial charge in [-0.05, 0) is 44.0 Å². The first-order chi connectivity index (χ1) is 6.88. The van der Waals surface area contributed by atoms with Crippen LogP contribution >= 0.6 is 0 Å². The highest BCUT2D eigenvalue weighted by molar-refractivity contribution is 5.04. The fraction of sp³-hybridized carbons (Fsp3) is 0.600. The van der Waals surface area contributed by atoms with Crippen molar-refractivity contribution in [3.8, 4) is 0 Å². The molecule has 2 rings (SSSR count). The van der Waals surface area contributed by atoms with Crippen LogP contribution in [0.4, 0.5) is 0 Å². The molecule has 2 heterocycles. The van der Waals surface area contributed by atoms with E-state index >= 15 is 0 Å². The quantitative estimate of drug-likeness (QED) is 0.718. The molecule has 1 aromatic rings. The van der Waals surface area contributed by atoms with E-state index in [4.69, 9.17) is 0 Å². The van der Waals surface area contributed by atoms with E-state index in [0.29, 0.717) is 11.6 Å². The number of rotatable bonds is 2. The molecule has 2 N–H and O–H groups in total. The lowest BCUT2D eigenvalue weighted by Gasteiger charge is -2.26. The monoisotopic (exact) mass is 193 g/mol. The van der Waals surface area contributed by atoms with E-state index in [0.717, 1.165) is 25.9 Å². The lowest BCUT2D eigenvalue weighted by molar-refractivity contribution is 0.0843. The van der Waals surface area contributed by atoms with E-state index in [9.17, 15) is 5.11 Å². The van der Waals surface area contributed by atoms with Crippen molar-refractivity contribution in [1.29, 1.82) is 0 Å². The summed E-state index contributed by atoms with van der Waals surface area (Å²) in [6, 6.07) is 3.65. The average molecular weight is 193 g/mol. The number of aliphatic hydroxyl groups excluding tert-OH is 1. The predicted octanol–water partition coefficient (Wildman–Crippen LogP) is 0.510. The SMILES string of the molecule is OC(c1cccnn1)C1CCNCC1. The first-order valence-corrected chi connectivity index (χ1v) is 5.04. The van der Waals surface area contributed by atoms with Crippen LogP contribution in [-0.2, 0) is 0 Å². The minimum Gasteiger partial charge on any atom is -0.386 e. The first kappa shape index (κ1) is 9.55. The minimum absolute atomic E-state index is 0.327. The van der Waals surface area contributed by atoms with Gasteiger partial charge in [-0.25, -0.2) is 0 Å². The highest BCUT2D eigenvalue weighted by atomic mass is 16.3. The van der Waals surface area contributed by atoms with E-state index in [1.165, 1.54) is 0 Å². The topological polar surface area (TPSA) is 58.0 Å². The van der Waals surface area contributed by atoms with Gasteiger partial charge in [0.1, 0.15) is 6.10 Å². The van der Waals surface area contributed by atoms with Gasteiger partial charge in [0.15, 0.2) is 0 Å². The largest absolute Gasteiger partial charge is 0.386 e. The second-order valence-corrected chi connectivity index (χ2v) is 3.68. The number of piperidine rings is 1. The molecule has 0 saturated carbocycles. The standard InChI is InChI=1S/C10H15N3O/c14-10(8-3-6-11-7-4-8)9-2-1-5-12-13-9/h1-2,5,8,10-11,14H,3-4,6-7H2. The van der Waals surface area contributed by atoms with Crippen LogP contribution in [0.25, 0.3) is 0 Å². The van der Waals surface area contributed by atoms with Gasteiger partial charge in [0.05, 0.1) is 5.69 Å². The third kappa shape index (κ3) is 2.08. The van der Waals surface area contributed by atoms with Crippen LogP contribution in [-0.4, -0.2) is 28.4 Å². The zero-order valence-corrected chi connectivity index (χ0v) is 8.06. The first-order valence-electron chi connectivity index (χ1n) is 5.04. The Balaban J connectivity index is 2.03. The lowest BCUT2D eigenvalue weighted by atomic mass is 9.90. The Morgan fingerprint density at radius 2 is 2.21 bits per heavy atom. The number of aliphatic hydroxyl groups is 1. The average Bonchev–Trinajstić information content (AvgIpc) is 2.30. The van der Waals surface area contributed by atoms with Gasteiger partial charge in [-0.1, -0.05) is 0 Å². The van der Waals surface area contributed by atoms with Crippen molar-refractivity contribution < 1.29 is 5.11 Å². The summed E-state index contributed by atoms with van der Waals surface area (Å²) < 4.78 is 0. The summed E-state index contributed by atoms with van der Waals surface area (Å²) in [6.45, 7) is 1.98. The zero-order valence-electron chi connectivity index (χ0n) is 8.06. The van der Waals surface area contributed by atoms with Gasteiger partial charge in [-0.2, -0.15) is 10.2 Å². The van der Waals surface area contributed by atoms with Crippen molar-refractivity contribution in [3.63, 3.8) is 0 Å². The molecule has 1 unspecified atom stereocenters. The maximum Gasteiger partial charge on any atom is 0.101 e. The van der Waals surface area contributed by atoms with Crippen LogP contribution in [0.2, 0.25) is 0 Å². The molecule has 4 heteroatoms. The van der Waals surface area contributed by atoms with Crippen molar-refractivity contribution in [2.45, 2.75) is 18.9 Å². The van der Waals surface area contributed by atoms with Gasteiger partial charge in [0, 0.05) is 6.20 Å². The van der Waals surface area contributed by atoms with Crippen molar-refractivity contribution in [2.24, 2.45) is 5.92 Å².